The van der Waals surface area contributed by atoms with Gasteiger partial charge in [0.25, 0.3) is 0 Å². The average Bonchev–Trinajstić information content (AvgIpc) is 2.76. The molecule has 21 heavy (non-hydrogen) atoms. The van der Waals surface area contributed by atoms with E-state index in [-0.39, 0.29) is 46.5 Å². The van der Waals surface area contributed by atoms with Crippen LogP contribution in [-0.4, -0.2) is 30.6 Å². The largest absolute Gasteiger partial charge is 2.00 e. The van der Waals surface area contributed by atoms with E-state index in [0.29, 0.717) is 5.92 Å². The molecule has 0 saturated heterocycles. The van der Waals surface area contributed by atoms with Gasteiger partial charge in [0.15, 0.2) is 0 Å². The van der Waals surface area contributed by atoms with Crippen LogP contribution in [0.4, 0.5) is 0 Å². The third kappa shape index (κ3) is 6.27. The molecule has 1 N–H and O–H groups in total. The predicted molar refractivity (Wildman–Crippen MR) is 75.6 cm³/mol. The number of hydrogen-bond acceptors (Lipinski definition) is 2. The maximum absolute atomic E-state index is 9.82. The predicted octanol–water partition coefficient (Wildman–Crippen LogP) is -3.11. The SMILES string of the molecule is CC(O)c1ccccc1C1C=CC(CN(C)C)=C1.[Cl-].[Cl-].[Ti+2]. The van der Waals surface area contributed by atoms with Crippen molar-refractivity contribution in [3.63, 3.8) is 0 Å². The van der Waals surface area contributed by atoms with Gasteiger partial charge in [0.2, 0.25) is 0 Å². The first kappa shape index (κ1) is 23.2. The van der Waals surface area contributed by atoms with Crippen LogP contribution in [0.25, 0.3) is 0 Å². The number of benzene rings is 1. The van der Waals surface area contributed by atoms with E-state index in [1.807, 2.05) is 25.1 Å². The molecule has 1 aliphatic carbocycles. The van der Waals surface area contributed by atoms with Crippen LogP contribution in [0.5, 0.6) is 0 Å². The minimum absolute atomic E-state index is 0. The molecule has 1 aromatic carbocycles. The maximum Gasteiger partial charge on any atom is 2.00 e. The van der Waals surface area contributed by atoms with Gasteiger partial charge < -0.3 is 34.8 Å². The molecule has 2 atom stereocenters. The van der Waals surface area contributed by atoms with Crippen LogP contribution in [0.1, 0.15) is 30.1 Å². The number of aliphatic hydroxyl groups is 1. The Hall–Kier alpha value is -0.0857. The summed E-state index contributed by atoms with van der Waals surface area (Å²) in [6.45, 7) is 2.78. The van der Waals surface area contributed by atoms with Crippen molar-refractivity contribution in [2.24, 2.45) is 0 Å². The van der Waals surface area contributed by atoms with Gasteiger partial charge in [0, 0.05) is 12.5 Å². The Balaban J connectivity index is 0. The van der Waals surface area contributed by atoms with E-state index in [1.54, 1.807) is 0 Å². The molecule has 2 unspecified atom stereocenters. The van der Waals surface area contributed by atoms with Crippen molar-refractivity contribution in [1.82, 2.24) is 4.90 Å². The standard InChI is InChI=1S/C16H21NO.2ClH.Ti/c1-12(18)15-6-4-5-7-16(15)14-9-8-13(10-14)11-17(2)3;;;/h4-10,12,14,18H,11H2,1-3H3;2*1H;/q;;;+2/p-2. The van der Waals surface area contributed by atoms with E-state index in [2.05, 4.69) is 43.3 Å². The van der Waals surface area contributed by atoms with E-state index in [0.717, 1.165) is 12.1 Å². The summed E-state index contributed by atoms with van der Waals surface area (Å²) < 4.78 is 0. The fraction of sp³-hybridized carbons (Fsp3) is 0.375. The van der Waals surface area contributed by atoms with Crippen molar-refractivity contribution in [3.05, 3.63) is 59.2 Å². The Morgan fingerprint density at radius 1 is 1.19 bits per heavy atom. The van der Waals surface area contributed by atoms with Crippen LogP contribution in [0.2, 0.25) is 0 Å². The van der Waals surface area contributed by atoms with Crippen LogP contribution in [-0.2, 0) is 21.7 Å². The molecule has 2 nitrogen and oxygen atoms in total. The number of allylic oxidation sites excluding steroid dienone is 2. The minimum atomic E-state index is -0.416. The van der Waals surface area contributed by atoms with Crippen LogP contribution in [0.15, 0.2) is 48.1 Å². The molecule has 0 bridgehead atoms. The van der Waals surface area contributed by atoms with E-state index in [1.165, 1.54) is 11.1 Å². The van der Waals surface area contributed by atoms with Gasteiger partial charge in [0.1, 0.15) is 0 Å². The Morgan fingerprint density at radius 3 is 2.38 bits per heavy atom. The van der Waals surface area contributed by atoms with Crippen molar-refractivity contribution < 1.29 is 51.6 Å². The summed E-state index contributed by atoms with van der Waals surface area (Å²) in [7, 11) is 4.15. The molecule has 1 aromatic rings. The summed E-state index contributed by atoms with van der Waals surface area (Å²) in [5, 5.41) is 9.82. The fourth-order valence-corrected chi connectivity index (χ4v) is 2.43. The Labute approximate surface area is 155 Å². The topological polar surface area (TPSA) is 23.5 Å². The third-order valence-electron chi connectivity index (χ3n) is 3.22. The summed E-state index contributed by atoms with van der Waals surface area (Å²) in [5.74, 6) is 0.297. The van der Waals surface area contributed by atoms with E-state index < -0.39 is 6.10 Å². The van der Waals surface area contributed by atoms with E-state index in [9.17, 15) is 5.11 Å². The van der Waals surface area contributed by atoms with E-state index >= 15 is 0 Å². The molecule has 0 saturated carbocycles. The molecule has 114 valence electrons. The average molecular weight is 362 g/mol. The molecule has 0 aliphatic heterocycles. The number of hydrogen-bond donors (Lipinski definition) is 1. The molecule has 0 amide bonds. The van der Waals surface area contributed by atoms with Gasteiger partial charge in [-0.05, 0) is 37.7 Å². The fourth-order valence-electron chi connectivity index (χ4n) is 2.43. The number of rotatable bonds is 4. The summed E-state index contributed by atoms with van der Waals surface area (Å²) in [4.78, 5) is 2.17. The van der Waals surface area contributed by atoms with Crippen molar-refractivity contribution in [2.45, 2.75) is 18.9 Å². The second-order valence-electron chi connectivity index (χ2n) is 5.17. The molecule has 0 radical (unpaired) electrons. The summed E-state index contributed by atoms with van der Waals surface area (Å²) in [6.07, 6.45) is 6.26. The maximum atomic E-state index is 9.82. The number of nitrogens with zero attached hydrogens (tertiary/aromatic N) is 1. The van der Waals surface area contributed by atoms with E-state index in [4.69, 9.17) is 0 Å². The second kappa shape index (κ2) is 10.6. The van der Waals surface area contributed by atoms with Crippen molar-refractivity contribution >= 4 is 0 Å². The molecular formula is C16H21Cl2NOTi. The zero-order valence-electron chi connectivity index (χ0n) is 12.6. The normalized spacial score (nSPS) is 17.4. The van der Waals surface area contributed by atoms with Gasteiger partial charge in [-0.1, -0.05) is 42.5 Å². The van der Waals surface area contributed by atoms with Gasteiger partial charge in [-0.25, -0.2) is 0 Å². The van der Waals surface area contributed by atoms with Crippen molar-refractivity contribution in [2.75, 3.05) is 20.6 Å². The second-order valence-corrected chi connectivity index (χ2v) is 5.17. The van der Waals surface area contributed by atoms with Gasteiger partial charge in [0.05, 0.1) is 6.10 Å². The minimum Gasteiger partial charge on any atom is -1.00 e. The molecular weight excluding hydrogens is 341 g/mol. The Morgan fingerprint density at radius 2 is 1.81 bits per heavy atom. The molecule has 1 aliphatic rings. The zero-order valence-corrected chi connectivity index (χ0v) is 15.6. The first-order chi connectivity index (χ1) is 8.58. The number of likely N-dealkylation sites (N-methyl/N-ethyl adjacent to an activating group) is 1. The summed E-state index contributed by atoms with van der Waals surface area (Å²) in [6, 6.07) is 8.12. The monoisotopic (exact) mass is 361 g/mol. The van der Waals surface area contributed by atoms with Crippen LogP contribution >= 0.6 is 0 Å². The first-order valence-electron chi connectivity index (χ1n) is 6.38. The summed E-state index contributed by atoms with van der Waals surface area (Å²) in [5.41, 5.74) is 3.57. The third-order valence-corrected chi connectivity index (χ3v) is 3.22. The summed E-state index contributed by atoms with van der Waals surface area (Å²) >= 11 is 0. The number of aliphatic hydroxyl groups excluding tert-OH is 1. The molecule has 0 fully saturated rings. The molecule has 5 heteroatoms. The molecule has 2 rings (SSSR count). The molecule has 0 spiro atoms. The first-order valence-corrected chi connectivity index (χ1v) is 6.38. The molecule has 0 heterocycles. The number of halogens is 2. The van der Waals surface area contributed by atoms with Crippen LogP contribution in [0.3, 0.4) is 0 Å². The van der Waals surface area contributed by atoms with Gasteiger partial charge in [-0.3, -0.25) is 0 Å². The van der Waals surface area contributed by atoms with Crippen molar-refractivity contribution in [1.29, 1.82) is 0 Å². The van der Waals surface area contributed by atoms with Crippen molar-refractivity contribution in [3.8, 4) is 0 Å². The Bertz CT molecular complexity index is 487. The van der Waals surface area contributed by atoms with Gasteiger partial charge >= 0.3 is 21.7 Å². The quantitative estimate of drug-likeness (QED) is 0.574. The van der Waals surface area contributed by atoms with Gasteiger partial charge in [-0.15, -0.1) is 0 Å². The molecule has 0 aromatic heterocycles. The van der Waals surface area contributed by atoms with Crippen LogP contribution < -0.4 is 24.8 Å². The zero-order chi connectivity index (χ0) is 13.1. The smallest absolute Gasteiger partial charge is 1.00 e. The Kier molecular flexibility index (Phi) is 11.7. The van der Waals surface area contributed by atoms with Crippen LogP contribution in [0, 0.1) is 0 Å². The van der Waals surface area contributed by atoms with Gasteiger partial charge in [-0.2, -0.15) is 0 Å².